The van der Waals surface area contributed by atoms with Crippen molar-refractivity contribution in [2.24, 2.45) is 0 Å². The van der Waals surface area contributed by atoms with Gasteiger partial charge in [-0.3, -0.25) is 4.79 Å². The Bertz CT molecular complexity index is 561. The van der Waals surface area contributed by atoms with Crippen molar-refractivity contribution in [1.82, 2.24) is 4.98 Å². The van der Waals surface area contributed by atoms with E-state index in [9.17, 15) is 4.79 Å². The Labute approximate surface area is 124 Å². The van der Waals surface area contributed by atoms with E-state index in [2.05, 4.69) is 10.3 Å². The number of carbonyl (C=O) groups excluding carboxylic acids is 1. The molecule has 4 nitrogen and oxygen atoms in total. The number of aromatic nitrogens is 1. The Kier molecular flexibility index (Phi) is 5.07. The number of thiazole rings is 1. The summed E-state index contributed by atoms with van der Waals surface area (Å²) in [5.74, 6) is 0.801. The van der Waals surface area contributed by atoms with Gasteiger partial charge in [0.05, 0.1) is 17.9 Å². The van der Waals surface area contributed by atoms with Gasteiger partial charge in [-0.2, -0.15) is 0 Å². The first-order chi connectivity index (χ1) is 9.19. The summed E-state index contributed by atoms with van der Waals surface area (Å²) < 4.78 is 5.92. The minimum Gasteiger partial charge on any atom is -0.495 e. The number of hydrogen-bond acceptors (Lipinski definition) is 5. The summed E-state index contributed by atoms with van der Waals surface area (Å²) >= 11 is 8.90. The second kappa shape index (κ2) is 6.79. The van der Waals surface area contributed by atoms with E-state index in [-0.39, 0.29) is 5.91 Å². The average Bonchev–Trinajstić information content (AvgIpc) is 2.90. The molecule has 0 aliphatic heterocycles. The smallest absolute Gasteiger partial charge is 0.234 e. The van der Waals surface area contributed by atoms with Crippen LogP contribution in [0.3, 0.4) is 0 Å². The number of amides is 1. The lowest BCUT2D eigenvalue weighted by Gasteiger charge is -2.07. The van der Waals surface area contributed by atoms with Gasteiger partial charge in [-0.25, -0.2) is 4.98 Å². The van der Waals surface area contributed by atoms with Crippen molar-refractivity contribution in [3.05, 3.63) is 34.8 Å². The molecule has 2 rings (SSSR count). The molecular formula is C12H11ClN2O2S2. The SMILES string of the molecule is COc1ccc(NC(=O)CSc2nccs2)cc1Cl. The monoisotopic (exact) mass is 314 g/mol. The Hall–Kier alpha value is -1.24. The molecule has 0 unspecified atom stereocenters. The van der Waals surface area contributed by atoms with Crippen molar-refractivity contribution < 1.29 is 9.53 Å². The number of nitrogens with one attached hydrogen (secondary N) is 1. The number of rotatable bonds is 5. The zero-order valence-electron chi connectivity index (χ0n) is 10.1. The summed E-state index contributed by atoms with van der Waals surface area (Å²) in [6, 6.07) is 5.12. The molecule has 0 spiro atoms. The Morgan fingerprint density at radius 3 is 3.05 bits per heavy atom. The Morgan fingerprint density at radius 1 is 1.58 bits per heavy atom. The first kappa shape index (κ1) is 14.2. The van der Waals surface area contributed by atoms with E-state index < -0.39 is 0 Å². The molecule has 1 aromatic heterocycles. The maximum Gasteiger partial charge on any atom is 0.234 e. The van der Waals surface area contributed by atoms with Crippen molar-refractivity contribution in [3.8, 4) is 5.75 Å². The number of hydrogen-bond donors (Lipinski definition) is 1. The van der Waals surface area contributed by atoms with E-state index >= 15 is 0 Å². The molecule has 7 heteroatoms. The van der Waals surface area contributed by atoms with E-state index in [1.807, 2.05) is 5.38 Å². The summed E-state index contributed by atoms with van der Waals surface area (Å²) in [4.78, 5) is 15.8. The molecule has 1 heterocycles. The molecule has 19 heavy (non-hydrogen) atoms. The van der Waals surface area contributed by atoms with Crippen LogP contribution in [-0.2, 0) is 4.79 Å². The fraction of sp³-hybridized carbons (Fsp3) is 0.167. The van der Waals surface area contributed by atoms with Gasteiger partial charge >= 0.3 is 0 Å². The molecule has 0 saturated heterocycles. The first-order valence-corrected chi connectivity index (χ1v) is 7.59. The van der Waals surface area contributed by atoms with Crippen LogP contribution in [0.4, 0.5) is 5.69 Å². The molecule has 0 atom stereocenters. The molecule has 100 valence electrons. The minimum absolute atomic E-state index is 0.0959. The van der Waals surface area contributed by atoms with Gasteiger partial charge in [0.15, 0.2) is 0 Å². The van der Waals surface area contributed by atoms with Crippen LogP contribution in [-0.4, -0.2) is 23.8 Å². The average molecular weight is 315 g/mol. The summed E-state index contributed by atoms with van der Waals surface area (Å²) in [7, 11) is 1.55. The third-order valence-electron chi connectivity index (χ3n) is 2.17. The van der Waals surface area contributed by atoms with Crippen LogP contribution in [0, 0.1) is 0 Å². The lowest BCUT2D eigenvalue weighted by molar-refractivity contribution is -0.113. The highest BCUT2D eigenvalue weighted by molar-refractivity contribution is 8.01. The quantitative estimate of drug-likeness (QED) is 0.858. The number of benzene rings is 1. The molecule has 0 radical (unpaired) electrons. The Morgan fingerprint density at radius 2 is 2.42 bits per heavy atom. The largest absolute Gasteiger partial charge is 0.495 e. The van der Waals surface area contributed by atoms with Gasteiger partial charge in [0, 0.05) is 17.3 Å². The van der Waals surface area contributed by atoms with Crippen molar-refractivity contribution in [1.29, 1.82) is 0 Å². The molecule has 0 bridgehead atoms. The molecule has 0 saturated carbocycles. The minimum atomic E-state index is -0.0959. The summed E-state index contributed by atoms with van der Waals surface area (Å²) in [6.45, 7) is 0. The third kappa shape index (κ3) is 4.12. The predicted molar refractivity (Wildman–Crippen MR) is 79.5 cm³/mol. The number of halogens is 1. The van der Waals surface area contributed by atoms with Crippen molar-refractivity contribution in [2.75, 3.05) is 18.2 Å². The number of nitrogens with zero attached hydrogens (tertiary/aromatic N) is 1. The van der Waals surface area contributed by atoms with Gasteiger partial charge < -0.3 is 10.1 Å². The maximum atomic E-state index is 11.7. The van der Waals surface area contributed by atoms with Crippen LogP contribution in [0.15, 0.2) is 34.1 Å². The molecular weight excluding hydrogens is 304 g/mol. The standard InChI is InChI=1S/C12H11ClN2O2S2/c1-17-10-3-2-8(6-9(10)13)15-11(16)7-19-12-14-4-5-18-12/h2-6H,7H2,1H3,(H,15,16). The van der Waals surface area contributed by atoms with Gasteiger partial charge in [-0.15, -0.1) is 11.3 Å². The lowest BCUT2D eigenvalue weighted by Crippen LogP contribution is -2.13. The van der Waals surface area contributed by atoms with E-state index in [0.29, 0.717) is 22.2 Å². The molecule has 1 N–H and O–H groups in total. The second-order valence-electron chi connectivity index (χ2n) is 3.48. The van der Waals surface area contributed by atoms with Crippen LogP contribution < -0.4 is 10.1 Å². The highest BCUT2D eigenvalue weighted by atomic mass is 35.5. The molecule has 2 aromatic rings. The summed E-state index contributed by atoms with van der Waals surface area (Å²) in [5.41, 5.74) is 0.649. The van der Waals surface area contributed by atoms with E-state index in [1.165, 1.54) is 23.1 Å². The van der Waals surface area contributed by atoms with Crippen LogP contribution >= 0.6 is 34.7 Å². The Balaban J connectivity index is 1.90. The first-order valence-electron chi connectivity index (χ1n) is 5.34. The van der Waals surface area contributed by atoms with Gasteiger partial charge in [-0.05, 0) is 18.2 Å². The van der Waals surface area contributed by atoms with E-state index in [4.69, 9.17) is 16.3 Å². The topological polar surface area (TPSA) is 51.2 Å². The van der Waals surface area contributed by atoms with Crippen molar-refractivity contribution >= 4 is 46.3 Å². The molecule has 0 fully saturated rings. The van der Waals surface area contributed by atoms with Gasteiger partial charge in [0.25, 0.3) is 0 Å². The van der Waals surface area contributed by atoms with Crippen LogP contribution in [0.1, 0.15) is 0 Å². The fourth-order valence-corrected chi connectivity index (χ4v) is 3.05. The highest BCUT2D eigenvalue weighted by Crippen LogP contribution is 2.27. The van der Waals surface area contributed by atoms with Gasteiger partial charge in [0.1, 0.15) is 10.1 Å². The zero-order valence-corrected chi connectivity index (χ0v) is 12.4. The summed E-state index contributed by atoms with van der Waals surface area (Å²) in [5, 5.41) is 5.12. The van der Waals surface area contributed by atoms with Crippen molar-refractivity contribution in [2.45, 2.75) is 4.34 Å². The molecule has 0 aliphatic rings. The fourth-order valence-electron chi connectivity index (χ4n) is 1.35. The van der Waals surface area contributed by atoms with Crippen molar-refractivity contribution in [3.63, 3.8) is 0 Å². The molecule has 0 aliphatic carbocycles. The van der Waals surface area contributed by atoms with Crippen LogP contribution in [0.2, 0.25) is 5.02 Å². The lowest BCUT2D eigenvalue weighted by atomic mass is 10.3. The number of anilines is 1. The van der Waals surface area contributed by atoms with Gasteiger partial charge in [-0.1, -0.05) is 23.4 Å². The zero-order chi connectivity index (χ0) is 13.7. The van der Waals surface area contributed by atoms with E-state index in [1.54, 1.807) is 31.5 Å². The number of methoxy groups -OCH3 is 1. The highest BCUT2D eigenvalue weighted by Gasteiger charge is 2.07. The normalized spacial score (nSPS) is 10.2. The van der Waals surface area contributed by atoms with E-state index in [0.717, 1.165) is 4.34 Å². The van der Waals surface area contributed by atoms with Gasteiger partial charge in [0.2, 0.25) is 5.91 Å². The van der Waals surface area contributed by atoms with Crippen LogP contribution in [0.5, 0.6) is 5.75 Å². The number of thioether (sulfide) groups is 1. The molecule has 1 amide bonds. The maximum absolute atomic E-state index is 11.7. The van der Waals surface area contributed by atoms with Crippen LogP contribution in [0.25, 0.3) is 0 Å². The summed E-state index contributed by atoms with van der Waals surface area (Å²) in [6.07, 6.45) is 1.72. The third-order valence-corrected chi connectivity index (χ3v) is 4.43. The number of carbonyl (C=O) groups is 1. The second-order valence-corrected chi connectivity index (χ2v) is 6.01. The molecule has 1 aromatic carbocycles. The number of ether oxygens (including phenoxy) is 1. The predicted octanol–water partition coefficient (Wildman–Crippen LogP) is 3.54.